The van der Waals surface area contributed by atoms with E-state index in [1.165, 1.54) is 0 Å². The molecule has 0 aliphatic rings. The normalized spacial score (nSPS) is 13.8. The zero-order chi connectivity index (χ0) is 14.4. The van der Waals surface area contributed by atoms with Crippen LogP contribution in [0.2, 0.25) is 5.02 Å². The summed E-state index contributed by atoms with van der Waals surface area (Å²) in [5.74, 6) is 0. The number of aliphatic hydroxyl groups is 1. The number of methoxy groups -OCH3 is 1. The Bertz CT molecular complexity index is 530. The first-order valence-corrected chi connectivity index (χ1v) is 6.77. The highest BCUT2D eigenvalue weighted by molar-refractivity contribution is 6.30. The van der Waals surface area contributed by atoms with Crippen LogP contribution < -0.4 is 5.32 Å². The van der Waals surface area contributed by atoms with Crippen molar-refractivity contribution in [2.45, 2.75) is 5.54 Å². The Morgan fingerprint density at radius 1 is 1.10 bits per heavy atom. The molecule has 0 aliphatic carbocycles. The summed E-state index contributed by atoms with van der Waals surface area (Å²) < 4.78 is 5.30. The van der Waals surface area contributed by atoms with E-state index >= 15 is 0 Å². The number of hydrogen-bond acceptors (Lipinski definition) is 3. The molecule has 0 saturated heterocycles. The van der Waals surface area contributed by atoms with Crippen LogP contribution in [-0.4, -0.2) is 25.4 Å². The van der Waals surface area contributed by atoms with Gasteiger partial charge in [-0.25, -0.2) is 0 Å². The third kappa shape index (κ3) is 3.31. The van der Waals surface area contributed by atoms with Gasteiger partial charge in [-0.3, -0.25) is 0 Å². The summed E-state index contributed by atoms with van der Waals surface area (Å²) in [6.45, 7) is 0.281. The van der Waals surface area contributed by atoms with E-state index in [4.69, 9.17) is 16.3 Å². The Morgan fingerprint density at radius 2 is 1.75 bits per heavy atom. The highest BCUT2D eigenvalue weighted by Gasteiger charge is 2.31. The van der Waals surface area contributed by atoms with Gasteiger partial charge in [-0.2, -0.15) is 0 Å². The molecule has 2 aromatic rings. The van der Waals surface area contributed by atoms with Gasteiger partial charge >= 0.3 is 0 Å². The Labute approximate surface area is 124 Å². The van der Waals surface area contributed by atoms with E-state index in [1.54, 1.807) is 7.11 Å². The fourth-order valence-electron chi connectivity index (χ4n) is 2.18. The molecule has 3 nitrogen and oxygen atoms in total. The minimum Gasteiger partial charge on any atom is -0.393 e. The van der Waals surface area contributed by atoms with Gasteiger partial charge in [0.15, 0.2) is 0 Å². The summed E-state index contributed by atoms with van der Waals surface area (Å²) in [5.41, 5.74) is 1.17. The highest BCUT2D eigenvalue weighted by Crippen LogP contribution is 2.27. The fourth-order valence-corrected chi connectivity index (χ4v) is 2.31. The maximum absolute atomic E-state index is 9.91. The Morgan fingerprint density at radius 3 is 2.30 bits per heavy atom. The number of ether oxygens (including phenoxy) is 1. The van der Waals surface area contributed by atoms with Crippen molar-refractivity contribution >= 4 is 17.3 Å². The number of aliphatic hydroxyl groups excluding tert-OH is 1. The summed E-state index contributed by atoms with van der Waals surface area (Å²) >= 11 is 5.89. The molecule has 0 bridgehead atoms. The van der Waals surface area contributed by atoms with Gasteiger partial charge in [-0.15, -0.1) is 0 Å². The molecule has 0 radical (unpaired) electrons. The molecule has 0 heterocycles. The van der Waals surface area contributed by atoms with Crippen molar-refractivity contribution < 1.29 is 9.84 Å². The molecule has 0 aliphatic heterocycles. The van der Waals surface area contributed by atoms with Gasteiger partial charge in [0.1, 0.15) is 5.54 Å². The van der Waals surface area contributed by atoms with Crippen molar-refractivity contribution in [3.05, 3.63) is 65.2 Å². The van der Waals surface area contributed by atoms with E-state index < -0.39 is 5.54 Å². The molecule has 0 fully saturated rings. The van der Waals surface area contributed by atoms with Gasteiger partial charge in [-0.1, -0.05) is 41.9 Å². The average molecular weight is 292 g/mol. The van der Waals surface area contributed by atoms with Crippen molar-refractivity contribution in [1.29, 1.82) is 0 Å². The Hall–Kier alpha value is -1.55. The van der Waals surface area contributed by atoms with E-state index in [0.29, 0.717) is 11.6 Å². The number of rotatable bonds is 6. The van der Waals surface area contributed by atoms with Crippen molar-refractivity contribution in [3.63, 3.8) is 0 Å². The predicted octanol–water partition coefficient (Wildman–Crippen LogP) is 3.29. The van der Waals surface area contributed by atoms with Gasteiger partial charge in [-0.05, 0) is 29.8 Å². The molecule has 0 aromatic heterocycles. The first kappa shape index (κ1) is 14.9. The summed E-state index contributed by atoms with van der Waals surface area (Å²) in [7, 11) is 1.62. The van der Waals surface area contributed by atoms with Gasteiger partial charge in [0, 0.05) is 17.8 Å². The van der Waals surface area contributed by atoms with Crippen molar-refractivity contribution in [3.8, 4) is 0 Å². The molecule has 0 saturated carbocycles. The molecular formula is C16H18ClNO2. The zero-order valence-electron chi connectivity index (χ0n) is 11.3. The molecule has 106 valence electrons. The molecule has 2 aromatic carbocycles. The molecule has 1 atom stereocenters. The lowest BCUT2D eigenvalue weighted by atomic mass is 9.91. The minimum atomic E-state index is -0.677. The number of hydrogen-bond donors (Lipinski definition) is 2. The summed E-state index contributed by atoms with van der Waals surface area (Å²) in [6.07, 6.45) is 0. The lowest BCUT2D eigenvalue weighted by Gasteiger charge is -2.34. The zero-order valence-corrected chi connectivity index (χ0v) is 12.1. The minimum absolute atomic E-state index is 0.0759. The lowest BCUT2D eigenvalue weighted by molar-refractivity contribution is 0.0978. The number of benzene rings is 2. The van der Waals surface area contributed by atoms with Crippen LogP contribution in [0.5, 0.6) is 0 Å². The quantitative estimate of drug-likeness (QED) is 0.858. The summed E-state index contributed by atoms with van der Waals surface area (Å²) in [6, 6.07) is 17.2. The molecule has 20 heavy (non-hydrogen) atoms. The Kier molecular flexibility index (Phi) is 5.01. The van der Waals surface area contributed by atoms with Crippen LogP contribution in [0, 0.1) is 0 Å². The molecule has 0 spiro atoms. The third-order valence-electron chi connectivity index (χ3n) is 3.21. The van der Waals surface area contributed by atoms with E-state index in [9.17, 15) is 5.11 Å². The number of halogens is 1. The van der Waals surface area contributed by atoms with Crippen LogP contribution in [0.1, 0.15) is 5.56 Å². The largest absolute Gasteiger partial charge is 0.393 e. The topological polar surface area (TPSA) is 41.5 Å². The Balaban J connectivity index is 2.34. The maximum Gasteiger partial charge on any atom is 0.109 e. The van der Waals surface area contributed by atoms with Gasteiger partial charge in [0.05, 0.1) is 13.2 Å². The number of nitrogens with one attached hydrogen (secondary N) is 1. The monoisotopic (exact) mass is 291 g/mol. The van der Waals surface area contributed by atoms with E-state index in [0.717, 1.165) is 11.3 Å². The second-order valence-electron chi connectivity index (χ2n) is 4.67. The SMILES string of the molecule is COCC(CO)(Nc1ccc(Cl)cc1)c1ccccc1. The smallest absolute Gasteiger partial charge is 0.109 e. The van der Waals surface area contributed by atoms with E-state index in [-0.39, 0.29) is 6.61 Å². The first-order valence-electron chi connectivity index (χ1n) is 6.39. The number of anilines is 1. The standard InChI is InChI=1S/C16H18ClNO2/c1-20-12-16(11-19,13-5-3-2-4-6-13)18-15-9-7-14(17)8-10-15/h2-10,18-19H,11-12H2,1H3. The molecule has 0 amide bonds. The molecule has 1 unspecified atom stereocenters. The molecule has 4 heteroatoms. The second kappa shape index (κ2) is 6.75. The van der Waals surface area contributed by atoms with Gasteiger partial charge < -0.3 is 15.2 Å². The van der Waals surface area contributed by atoms with Crippen molar-refractivity contribution in [2.24, 2.45) is 0 Å². The summed E-state index contributed by atoms with van der Waals surface area (Å²) in [5, 5.41) is 13.9. The summed E-state index contributed by atoms with van der Waals surface area (Å²) in [4.78, 5) is 0. The van der Waals surface area contributed by atoms with Crippen LogP contribution in [0.3, 0.4) is 0 Å². The third-order valence-corrected chi connectivity index (χ3v) is 3.47. The fraction of sp³-hybridized carbons (Fsp3) is 0.250. The predicted molar refractivity (Wildman–Crippen MR) is 82.2 cm³/mol. The van der Waals surface area contributed by atoms with Gasteiger partial charge in [0.25, 0.3) is 0 Å². The second-order valence-corrected chi connectivity index (χ2v) is 5.11. The first-order chi connectivity index (χ1) is 9.70. The molecular weight excluding hydrogens is 274 g/mol. The average Bonchev–Trinajstić information content (AvgIpc) is 2.50. The van der Waals surface area contributed by atoms with Crippen molar-refractivity contribution in [1.82, 2.24) is 0 Å². The van der Waals surface area contributed by atoms with Crippen LogP contribution >= 0.6 is 11.6 Å². The lowest BCUT2D eigenvalue weighted by Crippen LogP contribution is -2.43. The van der Waals surface area contributed by atoms with Crippen molar-refractivity contribution in [2.75, 3.05) is 25.6 Å². The maximum atomic E-state index is 9.91. The van der Waals surface area contributed by atoms with Crippen LogP contribution in [0.15, 0.2) is 54.6 Å². The van der Waals surface area contributed by atoms with Crippen LogP contribution in [-0.2, 0) is 10.3 Å². The highest BCUT2D eigenvalue weighted by atomic mass is 35.5. The van der Waals surface area contributed by atoms with Crippen LogP contribution in [0.4, 0.5) is 5.69 Å². The van der Waals surface area contributed by atoms with Gasteiger partial charge in [0.2, 0.25) is 0 Å². The van der Waals surface area contributed by atoms with E-state index in [1.807, 2.05) is 54.6 Å². The van der Waals surface area contributed by atoms with E-state index in [2.05, 4.69) is 5.32 Å². The molecule has 2 N–H and O–H groups in total. The van der Waals surface area contributed by atoms with Crippen LogP contribution in [0.25, 0.3) is 0 Å². The molecule has 2 rings (SSSR count).